The van der Waals surface area contributed by atoms with E-state index < -0.39 is 0 Å². The molecule has 0 saturated carbocycles. The van der Waals surface area contributed by atoms with Crippen molar-refractivity contribution in [3.63, 3.8) is 0 Å². The maximum absolute atomic E-state index is 11.4. The highest BCUT2D eigenvalue weighted by atomic mass is 16.5. The number of hydrogen-bond donors (Lipinski definition) is 0. The second-order valence-electron chi connectivity index (χ2n) is 5.44. The van der Waals surface area contributed by atoms with E-state index in [2.05, 4.69) is 32.6 Å². The summed E-state index contributed by atoms with van der Waals surface area (Å²) < 4.78 is 4.78. The molecule has 1 heterocycles. The molecule has 15 heavy (non-hydrogen) atoms. The molecule has 1 unspecified atom stereocenters. The topological polar surface area (TPSA) is 29.5 Å². The molecule has 0 aromatic rings. The lowest BCUT2D eigenvalue weighted by atomic mass is 9.79. The smallest absolute Gasteiger partial charge is 0.323 e. The van der Waals surface area contributed by atoms with E-state index in [4.69, 9.17) is 4.74 Å². The van der Waals surface area contributed by atoms with Crippen LogP contribution in [0.4, 0.5) is 0 Å². The van der Waals surface area contributed by atoms with Crippen molar-refractivity contribution >= 4 is 5.97 Å². The Labute approximate surface area is 92.8 Å². The van der Waals surface area contributed by atoms with Gasteiger partial charge in [-0.3, -0.25) is 9.69 Å². The standard InChI is InChI=1S/C12H23NO2/c1-9(2)12(3,4)8-13-7-6-10(13)11(14)15-5/h9-10H,6-8H2,1-5H3. The maximum Gasteiger partial charge on any atom is 0.323 e. The molecular formula is C12H23NO2. The molecule has 3 heteroatoms. The van der Waals surface area contributed by atoms with E-state index in [0.717, 1.165) is 19.5 Å². The first kappa shape index (κ1) is 12.5. The largest absolute Gasteiger partial charge is 0.468 e. The van der Waals surface area contributed by atoms with E-state index in [1.54, 1.807) is 0 Å². The number of rotatable bonds is 4. The van der Waals surface area contributed by atoms with Crippen molar-refractivity contribution in [2.24, 2.45) is 11.3 Å². The van der Waals surface area contributed by atoms with Crippen LogP contribution in [0.5, 0.6) is 0 Å². The van der Waals surface area contributed by atoms with Crippen LogP contribution in [0.25, 0.3) is 0 Å². The van der Waals surface area contributed by atoms with Gasteiger partial charge in [-0.15, -0.1) is 0 Å². The van der Waals surface area contributed by atoms with E-state index in [9.17, 15) is 4.79 Å². The zero-order valence-electron chi connectivity index (χ0n) is 10.5. The Morgan fingerprint density at radius 3 is 2.47 bits per heavy atom. The summed E-state index contributed by atoms with van der Waals surface area (Å²) in [5, 5.41) is 0. The van der Waals surface area contributed by atoms with Crippen molar-refractivity contribution in [1.29, 1.82) is 0 Å². The first-order chi connectivity index (χ1) is 6.88. The molecule has 0 aliphatic carbocycles. The summed E-state index contributed by atoms with van der Waals surface area (Å²) in [7, 11) is 1.46. The van der Waals surface area contributed by atoms with Crippen molar-refractivity contribution in [2.45, 2.75) is 40.2 Å². The van der Waals surface area contributed by atoms with E-state index in [1.807, 2.05) is 0 Å². The number of ether oxygens (including phenoxy) is 1. The van der Waals surface area contributed by atoms with E-state index >= 15 is 0 Å². The molecule has 0 amide bonds. The Kier molecular flexibility index (Phi) is 3.77. The maximum atomic E-state index is 11.4. The Hall–Kier alpha value is -0.570. The van der Waals surface area contributed by atoms with Gasteiger partial charge in [-0.1, -0.05) is 27.7 Å². The predicted octanol–water partition coefficient (Wildman–Crippen LogP) is 1.92. The average Bonchev–Trinajstić information content (AvgIpc) is 2.12. The number of nitrogens with zero attached hydrogens (tertiary/aromatic N) is 1. The van der Waals surface area contributed by atoms with Crippen LogP contribution in [-0.4, -0.2) is 37.1 Å². The van der Waals surface area contributed by atoms with Crippen LogP contribution in [0.15, 0.2) is 0 Å². The molecule has 3 nitrogen and oxygen atoms in total. The van der Waals surface area contributed by atoms with Crippen LogP contribution in [0, 0.1) is 11.3 Å². The Balaban J connectivity index is 2.50. The van der Waals surface area contributed by atoms with Crippen molar-refractivity contribution in [3.8, 4) is 0 Å². The van der Waals surface area contributed by atoms with Gasteiger partial charge in [0, 0.05) is 13.1 Å². The van der Waals surface area contributed by atoms with Crippen molar-refractivity contribution in [3.05, 3.63) is 0 Å². The van der Waals surface area contributed by atoms with Gasteiger partial charge in [0.25, 0.3) is 0 Å². The molecule has 0 spiro atoms. The molecule has 0 N–H and O–H groups in total. The minimum absolute atomic E-state index is 0.00743. The van der Waals surface area contributed by atoms with E-state index in [0.29, 0.717) is 5.92 Å². The number of carbonyl (C=O) groups is 1. The molecule has 1 atom stereocenters. The van der Waals surface area contributed by atoms with Gasteiger partial charge in [-0.2, -0.15) is 0 Å². The summed E-state index contributed by atoms with van der Waals surface area (Å²) in [6, 6.07) is 0.00743. The van der Waals surface area contributed by atoms with Gasteiger partial charge in [0.2, 0.25) is 0 Å². The lowest BCUT2D eigenvalue weighted by molar-refractivity contribution is -0.153. The molecule has 0 bridgehead atoms. The summed E-state index contributed by atoms with van der Waals surface area (Å²) >= 11 is 0. The summed E-state index contributed by atoms with van der Waals surface area (Å²) in [5.74, 6) is 0.539. The molecule has 1 saturated heterocycles. The number of likely N-dealkylation sites (tertiary alicyclic amines) is 1. The van der Waals surface area contributed by atoms with Gasteiger partial charge in [-0.25, -0.2) is 0 Å². The Bertz CT molecular complexity index is 236. The van der Waals surface area contributed by atoms with Crippen LogP contribution >= 0.6 is 0 Å². The molecule has 1 aliphatic heterocycles. The third-order valence-corrected chi connectivity index (χ3v) is 3.78. The summed E-state index contributed by atoms with van der Waals surface area (Å²) in [6.45, 7) is 11.0. The minimum atomic E-state index is -0.0826. The molecule has 1 aliphatic rings. The molecule has 0 radical (unpaired) electrons. The first-order valence-corrected chi connectivity index (χ1v) is 5.70. The Morgan fingerprint density at radius 2 is 2.13 bits per heavy atom. The predicted molar refractivity (Wildman–Crippen MR) is 60.6 cm³/mol. The highest BCUT2D eigenvalue weighted by molar-refractivity contribution is 5.76. The second kappa shape index (κ2) is 4.52. The highest BCUT2D eigenvalue weighted by Crippen LogP contribution is 2.31. The Morgan fingerprint density at radius 1 is 1.53 bits per heavy atom. The fourth-order valence-electron chi connectivity index (χ4n) is 1.74. The molecule has 88 valence electrons. The zero-order valence-corrected chi connectivity index (χ0v) is 10.5. The lowest BCUT2D eigenvalue weighted by Crippen LogP contribution is -2.56. The fourth-order valence-corrected chi connectivity index (χ4v) is 1.74. The van der Waals surface area contributed by atoms with Crippen LogP contribution in [0.2, 0.25) is 0 Å². The molecule has 1 rings (SSSR count). The third kappa shape index (κ3) is 2.71. The van der Waals surface area contributed by atoms with Crippen LogP contribution in [0.1, 0.15) is 34.1 Å². The summed E-state index contributed by atoms with van der Waals surface area (Å²) in [4.78, 5) is 13.6. The normalized spacial score (nSPS) is 22.7. The highest BCUT2D eigenvalue weighted by Gasteiger charge is 2.38. The number of methoxy groups -OCH3 is 1. The van der Waals surface area contributed by atoms with Crippen LogP contribution < -0.4 is 0 Å². The van der Waals surface area contributed by atoms with E-state index in [1.165, 1.54) is 7.11 Å². The van der Waals surface area contributed by atoms with E-state index in [-0.39, 0.29) is 17.4 Å². The number of hydrogen-bond acceptors (Lipinski definition) is 3. The van der Waals surface area contributed by atoms with Gasteiger partial charge in [0.05, 0.1) is 7.11 Å². The van der Waals surface area contributed by atoms with Crippen molar-refractivity contribution < 1.29 is 9.53 Å². The molecule has 0 aromatic carbocycles. The van der Waals surface area contributed by atoms with Crippen LogP contribution in [0.3, 0.4) is 0 Å². The van der Waals surface area contributed by atoms with Gasteiger partial charge in [0.1, 0.15) is 6.04 Å². The zero-order chi connectivity index (χ0) is 11.6. The van der Waals surface area contributed by atoms with Gasteiger partial charge < -0.3 is 4.74 Å². The van der Waals surface area contributed by atoms with Crippen molar-refractivity contribution in [2.75, 3.05) is 20.2 Å². The van der Waals surface area contributed by atoms with Crippen LogP contribution in [-0.2, 0) is 9.53 Å². The molecule has 0 aromatic heterocycles. The quantitative estimate of drug-likeness (QED) is 0.668. The minimum Gasteiger partial charge on any atom is -0.468 e. The lowest BCUT2D eigenvalue weighted by Gasteiger charge is -2.44. The second-order valence-corrected chi connectivity index (χ2v) is 5.44. The van der Waals surface area contributed by atoms with Gasteiger partial charge in [-0.05, 0) is 17.8 Å². The number of esters is 1. The van der Waals surface area contributed by atoms with Gasteiger partial charge >= 0.3 is 5.97 Å². The molecular weight excluding hydrogens is 190 g/mol. The van der Waals surface area contributed by atoms with Gasteiger partial charge in [0.15, 0.2) is 0 Å². The third-order valence-electron chi connectivity index (χ3n) is 3.78. The fraction of sp³-hybridized carbons (Fsp3) is 0.917. The monoisotopic (exact) mass is 213 g/mol. The SMILES string of the molecule is COC(=O)C1CCN1CC(C)(C)C(C)C. The molecule has 1 fully saturated rings. The summed E-state index contributed by atoms with van der Waals surface area (Å²) in [5.41, 5.74) is 0.257. The average molecular weight is 213 g/mol. The van der Waals surface area contributed by atoms with Crippen molar-refractivity contribution in [1.82, 2.24) is 4.90 Å². The number of carbonyl (C=O) groups excluding carboxylic acids is 1. The summed E-state index contributed by atoms with van der Waals surface area (Å²) in [6.07, 6.45) is 0.945. The first-order valence-electron chi connectivity index (χ1n) is 5.70.